The van der Waals surface area contributed by atoms with Crippen molar-refractivity contribution in [3.8, 4) is 0 Å². The highest BCUT2D eigenvalue weighted by molar-refractivity contribution is 7.80. The van der Waals surface area contributed by atoms with Gasteiger partial charge in [0.25, 0.3) is 5.69 Å². The first-order valence-corrected chi connectivity index (χ1v) is 9.49. The molecule has 2 aromatic carbocycles. The van der Waals surface area contributed by atoms with Gasteiger partial charge in [0, 0.05) is 44.4 Å². The Bertz CT molecular complexity index is 954. The van der Waals surface area contributed by atoms with Gasteiger partial charge in [0.2, 0.25) is 11.8 Å². The van der Waals surface area contributed by atoms with E-state index in [9.17, 15) is 19.7 Å². The molecule has 0 heterocycles. The van der Waals surface area contributed by atoms with Crippen LogP contribution in [-0.4, -0.2) is 40.8 Å². The molecule has 0 spiro atoms. The molecule has 2 amide bonds. The summed E-state index contributed by atoms with van der Waals surface area (Å²) in [6.45, 7) is 0. The van der Waals surface area contributed by atoms with Gasteiger partial charge in [-0.3, -0.25) is 25.0 Å². The second-order valence-electron chi connectivity index (χ2n) is 6.61. The van der Waals surface area contributed by atoms with E-state index in [1.807, 2.05) is 24.3 Å². The summed E-state index contributed by atoms with van der Waals surface area (Å²) in [5.41, 5.74) is 2.37. The molecular weight excluding hydrogens is 404 g/mol. The van der Waals surface area contributed by atoms with Crippen LogP contribution in [0.3, 0.4) is 0 Å². The minimum absolute atomic E-state index is 0.0164. The molecule has 0 atom stereocenters. The average molecular weight is 426 g/mol. The van der Waals surface area contributed by atoms with Crippen LogP contribution in [0.5, 0.6) is 0 Å². The van der Waals surface area contributed by atoms with Gasteiger partial charge in [-0.25, -0.2) is 0 Å². The lowest BCUT2D eigenvalue weighted by atomic mass is 10.1. The van der Waals surface area contributed by atoms with E-state index in [1.54, 1.807) is 31.1 Å². The van der Waals surface area contributed by atoms with E-state index in [1.165, 1.54) is 24.3 Å². The van der Waals surface area contributed by atoms with Gasteiger partial charge in [0.15, 0.2) is 5.11 Å². The summed E-state index contributed by atoms with van der Waals surface area (Å²) in [6.07, 6.45) is 3.91. The molecule has 0 radical (unpaired) electrons. The summed E-state index contributed by atoms with van der Waals surface area (Å²) in [5, 5.41) is 16.2. The molecule has 0 aliphatic heterocycles. The summed E-state index contributed by atoms with van der Waals surface area (Å²) >= 11 is 5.13. The number of non-ortho nitro benzene ring substituents is 1. The zero-order chi connectivity index (χ0) is 22.1. The van der Waals surface area contributed by atoms with Crippen LogP contribution in [0.2, 0.25) is 0 Å². The normalized spacial score (nSPS) is 10.5. The minimum Gasteiger partial charge on any atom is -0.349 e. The SMILES string of the molecule is CN(C)C(=O)CCc1ccc(NC(=S)NC(=O)/C=C/c2ccc([N+](=O)[O-])cc2)cc1. The number of nitrogens with one attached hydrogen (secondary N) is 2. The largest absolute Gasteiger partial charge is 0.349 e. The Kier molecular flexibility index (Phi) is 8.18. The molecule has 0 aliphatic carbocycles. The number of thiocarbonyl (C=S) groups is 1. The fraction of sp³-hybridized carbons (Fsp3) is 0.190. The highest BCUT2D eigenvalue weighted by Crippen LogP contribution is 2.13. The van der Waals surface area contributed by atoms with Gasteiger partial charge in [-0.1, -0.05) is 12.1 Å². The van der Waals surface area contributed by atoms with Crippen molar-refractivity contribution in [1.29, 1.82) is 0 Å². The molecule has 0 bridgehead atoms. The van der Waals surface area contributed by atoms with Crippen LogP contribution in [0.25, 0.3) is 6.08 Å². The summed E-state index contributed by atoms with van der Waals surface area (Å²) in [7, 11) is 3.46. The van der Waals surface area contributed by atoms with Crippen molar-refractivity contribution in [2.24, 2.45) is 0 Å². The van der Waals surface area contributed by atoms with Crippen molar-refractivity contribution >= 4 is 46.6 Å². The number of hydrogen-bond donors (Lipinski definition) is 2. The molecule has 0 saturated carbocycles. The lowest BCUT2D eigenvalue weighted by Crippen LogP contribution is -2.32. The van der Waals surface area contributed by atoms with Crippen molar-refractivity contribution in [3.05, 3.63) is 75.8 Å². The van der Waals surface area contributed by atoms with Crippen molar-refractivity contribution in [2.75, 3.05) is 19.4 Å². The summed E-state index contributed by atoms with van der Waals surface area (Å²) in [4.78, 5) is 35.3. The predicted molar refractivity (Wildman–Crippen MR) is 120 cm³/mol. The third-order valence-corrected chi connectivity index (χ3v) is 4.31. The number of nitrogens with zero attached hydrogens (tertiary/aromatic N) is 2. The lowest BCUT2D eigenvalue weighted by molar-refractivity contribution is -0.384. The summed E-state index contributed by atoms with van der Waals surface area (Å²) in [5.74, 6) is -0.354. The van der Waals surface area contributed by atoms with Gasteiger partial charge in [-0.05, 0) is 60.1 Å². The van der Waals surface area contributed by atoms with Crippen molar-refractivity contribution < 1.29 is 14.5 Å². The number of carbonyl (C=O) groups is 2. The predicted octanol–water partition coefficient (Wildman–Crippen LogP) is 3.14. The molecular formula is C21H22N4O4S. The minimum atomic E-state index is -0.486. The van der Waals surface area contributed by atoms with Crippen molar-refractivity contribution in [2.45, 2.75) is 12.8 Å². The number of rotatable bonds is 7. The Balaban J connectivity index is 1.82. The molecule has 8 nitrogen and oxygen atoms in total. The third-order valence-electron chi connectivity index (χ3n) is 4.11. The third kappa shape index (κ3) is 7.44. The number of carbonyl (C=O) groups excluding carboxylic acids is 2. The van der Waals surface area contributed by atoms with Crippen LogP contribution >= 0.6 is 12.2 Å². The number of aryl methyl sites for hydroxylation is 1. The van der Waals surface area contributed by atoms with Crippen LogP contribution in [0.4, 0.5) is 11.4 Å². The van der Waals surface area contributed by atoms with Gasteiger partial charge in [0.1, 0.15) is 0 Å². The topological polar surface area (TPSA) is 105 Å². The van der Waals surface area contributed by atoms with E-state index in [0.29, 0.717) is 24.1 Å². The van der Waals surface area contributed by atoms with Gasteiger partial charge in [-0.2, -0.15) is 0 Å². The second kappa shape index (κ2) is 10.8. The van der Waals surface area contributed by atoms with Gasteiger partial charge in [-0.15, -0.1) is 0 Å². The summed E-state index contributed by atoms with van der Waals surface area (Å²) in [6, 6.07) is 13.3. The zero-order valence-electron chi connectivity index (χ0n) is 16.6. The van der Waals surface area contributed by atoms with E-state index in [2.05, 4.69) is 10.6 Å². The molecule has 0 aromatic heterocycles. The number of benzene rings is 2. The van der Waals surface area contributed by atoms with E-state index >= 15 is 0 Å². The fourth-order valence-electron chi connectivity index (χ4n) is 2.42. The monoisotopic (exact) mass is 426 g/mol. The number of nitro benzene ring substituents is 1. The first-order valence-electron chi connectivity index (χ1n) is 9.08. The molecule has 0 unspecified atom stereocenters. The molecule has 2 N–H and O–H groups in total. The smallest absolute Gasteiger partial charge is 0.269 e. The van der Waals surface area contributed by atoms with Crippen LogP contribution in [0, 0.1) is 10.1 Å². The van der Waals surface area contributed by atoms with Crippen LogP contribution < -0.4 is 10.6 Å². The zero-order valence-corrected chi connectivity index (χ0v) is 17.4. The quantitative estimate of drug-likeness (QED) is 0.305. The molecule has 2 aromatic rings. The first-order chi connectivity index (χ1) is 14.2. The van der Waals surface area contributed by atoms with Gasteiger partial charge >= 0.3 is 0 Å². The maximum absolute atomic E-state index is 12.0. The Hall–Kier alpha value is -3.59. The van der Waals surface area contributed by atoms with Crippen molar-refractivity contribution in [1.82, 2.24) is 10.2 Å². The van der Waals surface area contributed by atoms with Gasteiger partial charge in [0.05, 0.1) is 4.92 Å². The molecule has 0 aliphatic rings. The fourth-order valence-corrected chi connectivity index (χ4v) is 2.64. The molecule has 0 saturated heterocycles. The van der Waals surface area contributed by atoms with Gasteiger partial charge < -0.3 is 10.2 Å². The van der Waals surface area contributed by atoms with Crippen molar-refractivity contribution in [3.63, 3.8) is 0 Å². The summed E-state index contributed by atoms with van der Waals surface area (Å²) < 4.78 is 0. The second-order valence-corrected chi connectivity index (χ2v) is 7.02. The van der Waals surface area contributed by atoms with E-state index < -0.39 is 10.8 Å². The first kappa shape index (κ1) is 22.7. The van der Waals surface area contributed by atoms with Crippen LogP contribution in [0.1, 0.15) is 17.5 Å². The highest BCUT2D eigenvalue weighted by atomic mass is 32.1. The number of amides is 2. The maximum Gasteiger partial charge on any atom is 0.269 e. The molecule has 9 heteroatoms. The Labute approximate surface area is 179 Å². The molecule has 0 fully saturated rings. The molecule has 30 heavy (non-hydrogen) atoms. The number of nitro groups is 1. The number of hydrogen-bond acceptors (Lipinski definition) is 5. The Morgan fingerprint density at radius 1 is 1.10 bits per heavy atom. The molecule has 2 rings (SSSR count). The lowest BCUT2D eigenvalue weighted by Gasteiger charge is -2.11. The van der Waals surface area contributed by atoms with E-state index in [-0.39, 0.29) is 16.7 Å². The Morgan fingerprint density at radius 3 is 2.30 bits per heavy atom. The standard InChI is InChI=1S/C21H22N4O4S/c1-24(2)20(27)14-8-15-3-9-17(10-4-15)22-21(30)23-19(26)13-7-16-5-11-18(12-6-16)25(28)29/h3-7,9-13H,8,14H2,1-2H3,(H2,22,23,26,30)/b13-7+. The number of anilines is 1. The van der Waals surface area contributed by atoms with E-state index in [0.717, 1.165) is 5.56 Å². The maximum atomic E-state index is 12.0. The highest BCUT2D eigenvalue weighted by Gasteiger charge is 2.06. The Morgan fingerprint density at radius 2 is 1.73 bits per heavy atom. The van der Waals surface area contributed by atoms with Crippen LogP contribution in [0.15, 0.2) is 54.6 Å². The molecule has 156 valence electrons. The van der Waals surface area contributed by atoms with Crippen LogP contribution in [-0.2, 0) is 16.0 Å². The van der Waals surface area contributed by atoms with E-state index in [4.69, 9.17) is 12.2 Å². The average Bonchev–Trinajstić information content (AvgIpc) is 2.71.